The first-order chi connectivity index (χ1) is 9.68. The standard InChI is InChI=1S/C16H34O4/c1-4-7-9-11-13-19-16(17,15-18-6-3)20-14-12-10-8-5-2/h17H,4-15H2,1-3H3. The summed E-state index contributed by atoms with van der Waals surface area (Å²) in [6.45, 7) is 7.88. The average molecular weight is 290 g/mol. The van der Waals surface area contributed by atoms with Crippen LogP contribution in [-0.4, -0.2) is 37.5 Å². The zero-order valence-electron chi connectivity index (χ0n) is 13.7. The molecule has 4 heteroatoms. The predicted molar refractivity (Wildman–Crippen MR) is 81.6 cm³/mol. The van der Waals surface area contributed by atoms with Crippen molar-refractivity contribution in [3.05, 3.63) is 0 Å². The molecule has 4 nitrogen and oxygen atoms in total. The molecule has 0 heterocycles. The van der Waals surface area contributed by atoms with Gasteiger partial charge in [-0.05, 0) is 19.8 Å². The van der Waals surface area contributed by atoms with Gasteiger partial charge in [0.2, 0.25) is 0 Å². The van der Waals surface area contributed by atoms with Gasteiger partial charge in [-0.15, -0.1) is 0 Å². The largest absolute Gasteiger partial charge is 0.373 e. The average Bonchev–Trinajstić information content (AvgIpc) is 2.45. The number of unbranched alkanes of at least 4 members (excludes halogenated alkanes) is 6. The lowest BCUT2D eigenvalue weighted by molar-refractivity contribution is -0.376. The zero-order valence-corrected chi connectivity index (χ0v) is 13.7. The molecule has 0 atom stereocenters. The molecule has 122 valence electrons. The summed E-state index contributed by atoms with van der Waals surface area (Å²) in [4.78, 5) is 0. The van der Waals surface area contributed by atoms with Crippen LogP contribution in [0.3, 0.4) is 0 Å². The minimum absolute atomic E-state index is 0.0745. The van der Waals surface area contributed by atoms with Crippen molar-refractivity contribution in [3.8, 4) is 0 Å². The minimum atomic E-state index is -1.57. The Morgan fingerprint density at radius 1 is 0.750 bits per heavy atom. The van der Waals surface area contributed by atoms with Crippen molar-refractivity contribution < 1.29 is 19.3 Å². The Balaban J connectivity index is 3.88. The summed E-state index contributed by atoms with van der Waals surface area (Å²) in [5.41, 5.74) is 0. The van der Waals surface area contributed by atoms with Gasteiger partial charge in [-0.1, -0.05) is 52.4 Å². The van der Waals surface area contributed by atoms with E-state index in [1.54, 1.807) is 0 Å². The molecule has 0 aliphatic rings. The van der Waals surface area contributed by atoms with E-state index in [9.17, 15) is 5.11 Å². The first-order valence-corrected chi connectivity index (χ1v) is 8.26. The Labute approximate surface area is 124 Å². The molecule has 0 spiro atoms. The summed E-state index contributed by atoms with van der Waals surface area (Å²) in [5.74, 6) is -1.57. The quantitative estimate of drug-likeness (QED) is 0.367. The topological polar surface area (TPSA) is 47.9 Å². The van der Waals surface area contributed by atoms with Crippen LogP contribution in [0.4, 0.5) is 0 Å². The highest BCUT2D eigenvalue weighted by Crippen LogP contribution is 2.13. The second-order valence-corrected chi connectivity index (χ2v) is 5.17. The Bertz CT molecular complexity index is 183. The summed E-state index contributed by atoms with van der Waals surface area (Å²) < 4.78 is 16.2. The predicted octanol–water partition coefficient (Wildman–Crippen LogP) is 3.86. The second-order valence-electron chi connectivity index (χ2n) is 5.17. The first kappa shape index (κ1) is 19.8. The summed E-state index contributed by atoms with van der Waals surface area (Å²) >= 11 is 0. The van der Waals surface area contributed by atoms with Crippen LogP contribution in [0, 0.1) is 0 Å². The second kappa shape index (κ2) is 13.8. The monoisotopic (exact) mass is 290 g/mol. The molecule has 0 unspecified atom stereocenters. The van der Waals surface area contributed by atoms with Crippen LogP contribution in [0.1, 0.15) is 72.1 Å². The molecule has 0 aromatic carbocycles. The molecule has 0 saturated heterocycles. The zero-order chi connectivity index (χ0) is 15.1. The van der Waals surface area contributed by atoms with Crippen LogP contribution < -0.4 is 0 Å². The lowest BCUT2D eigenvalue weighted by Crippen LogP contribution is -2.41. The molecule has 0 aromatic heterocycles. The van der Waals surface area contributed by atoms with Crippen LogP contribution in [0.2, 0.25) is 0 Å². The van der Waals surface area contributed by atoms with Gasteiger partial charge in [0.25, 0.3) is 0 Å². The van der Waals surface area contributed by atoms with Crippen molar-refractivity contribution in [2.24, 2.45) is 0 Å². The SMILES string of the molecule is CCCCCCOC(O)(COCC)OCCCCCC. The van der Waals surface area contributed by atoms with Crippen LogP contribution >= 0.6 is 0 Å². The third-order valence-electron chi connectivity index (χ3n) is 3.14. The highest BCUT2D eigenvalue weighted by atomic mass is 16.8. The third-order valence-corrected chi connectivity index (χ3v) is 3.14. The van der Waals surface area contributed by atoms with E-state index in [0.717, 1.165) is 25.7 Å². The first-order valence-electron chi connectivity index (χ1n) is 8.26. The molecule has 0 aliphatic carbocycles. The molecule has 20 heavy (non-hydrogen) atoms. The summed E-state index contributed by atoms with van der Waals surface area (Å²) in [5, 5.41) is 10.3. The van der Waals surface area contributed by atoms with Crippen molar-refractivity contribution in [2.75, 3.05) is 26.4 Å². The molecule has 0 fully saturated rings. The molecule has 0 amide bonds. The molecule has 0 aromatic rings. The fourth-order valence-corrected chi connectivity index (χ4v) is 1.88. The molecule has 0 radical (unpaired) electrons. The Morgan fingerprint density at radius 2 is 1.25 bits per heavy atom. The highest BCUT2D eigenvalue weighted by molar-refractivity contribution is 4.54. The maximum absolute atomic E-state index is 10.3. The number of ether oxygens (including phenoxy) is 3. The maximum Gasteiger partial charge on any atom is 0.305 e. The van der Waals surface area contributed by atoms with E-state index in [4.69, 9.17) is 14.2 Å². The van der Waals surface area contributed by atoms with E-state index in [0.29, 0.717) is 19.8 Å². The molecule has 0 aliphatic heterocycles. The fourth-order valence-electron chi connectivity index (χ4n) is 1.88. The van der Waals surface area contributed by atoms with Gasteiger partial charge in [-0.25, -0.2) is 0 Å². The van der Waals surface area contributed by atoms with Crippen molar-refractivity contribution in [1.29, 1.82) is 0 Å². The van der Waals surface area contributed by atoms with Gasteiger partial charge in [0.05, 0.1) is 13.2 Å². The van der Waals surface area contributed by atoms with Gasteiger partial charge in [0, 0.05) is 6.61 Å². The smallest absolute Gasteiger partial charge is 0.305 e. The van der Waals surface area contributed by atoms with Crippen molar-refractivity contribution >= 4 is 0 Å². The summed E-state index contributed by atoms with van der Waals surface area (Å²) in [7, 11) is 0. The molecular weight excluding hydrogens is 256 g/mol. The molecule has 1 N–H and O–H groups in total. The lowest BCUT2D eigenvalue weighted by Gasteiger charge is -2.27. The van der Waals surface area contributed by atoms with Gasteiger partial charge < -0.3 is 19.3 Å². The molecule has 0 saturated carbocycles. The van der Waals surface area contributed by atoms with E-state index in [-0.39, 0.29) is 6.61 Å². The van der Waals surface area contributed by atoms with E-state index in [2.05, 4.69) is 13.8 Å². The van der Waals surface area contributed by atoms with E-state index in [1.165, 1.54) is 25.7 Å². The van der Waals surface area contributed by atoms with Crippen LogP contribution in [0.15, 0.2) is 0 Å². The maximum atomic E-state index is 10.3. The summed E-state index contributed by atoms with van der Waals surface area (Å²) in [6.07, 6.45) is 8.92. The molecular formula is C16H34O4. The number of rotatable bonds is 15. The number of aliphatic hydroxyl groups is 1. The minimum Gasteiger partial charge on any atom is -0.373 e. The van der Waals surface area contributed by atoms with Gasteiger partial charge in [-0.2, -0.15) is 0 Å². The Morgan fingerprint density at radius 3 is 1.65 bits per heavy atom. The van der Waals surface area contributed by atoms with E-state index < -0.39 is 5.97 Å². The van der Waals surface area contributed by atoms with Crippen LogP contribution in [-0.2, 0) is 14.2 Å². The van der Waals surface area contributed by atoms with E-state index in [1.807, 2.05) is 6.92 Å². The van der Waals surface area contributed by atoms with Crippen molar-refractivity contribution in [1.82, 2.24) is 0 Å². The van der Waals surface area contributed by atoms with Crippen molar-refractivity contribution in [2.45, 2.75) is 78.1 Å². The fraction of sp³-hybridized carbons (Fsp3) is 1.00. The lowest BCUT2D eigenvalue weighted by atomic mass is 10.2. The summed E-state index contributed by atoms with van der Waals surface area (Å²) in [6, 6.07) is 0. The van der Waals surface area contributed by atoms with E-state index >= 15 is 0 Å². The molecule has 0 bridgehead atoms. The third kappa shape index (κ3) is 11.6. The number of hydrogen-bond acceptors (Lipinski definition) is 4. The van der Waals surface area contributed by atoms with Gasteiger partial charge in [0.1, 0.15) is 6.61 Å². The number of hydrogen-bond donors (Lipinski definition) is 1. The Hall–Kier alpha value is -0.160. The van der Waals surface area contributed by atoms with Gasteiger partial charge in [0.15, 0.2) is 0 Å². The Kier molecular flexibility index (Phi) is 13.7. The van der Waals surface area contributed by atoms with Crippen LogP contribution in [0.5, 0.6) is 0 Å². The highest BCUT2D eigenvalue weighted by Gasteiger charge is 2.29. The normalized spacial score (nSPS) is 12.0. The van der Waals surface area contributed by atoms with Gasteiger partial charge >= 0.3 is 5.97 Å². The molecule has 0 rings (SSSR count). The van der Waals surface area contributed by atoms with Crippen LogP contribution in [0.25, 0.3) is 0 Å². The van der Waals surface area contributed by atoms with Crippen molar-refractivity contribution in [3.63, 3.8) is 0 Å². The van der Waals surface area contributed by atoms with Gasteiger partial charge in [-0.3, -0.25) is 0 Å².